The van der Waals surface area contributed by atoms with E-state index in [2.05, 4.69) is 24.0 Å². The number of fused-ring (bicyclic) bond motifs is 1. The van der Waals surface area contributed by atoms with E-state index in [-0.39, 0.29) is 17.8 Å². The van der Waals surface area contributed by atoms with Gasteiger partial charge in [-0.3, -0.25) is 9.59 Å². The average molecular weight is 467 g/mol. The van der Waals surface area contributed by atoms with E-state index < -0.39 is 6.10 Å². The van der Waals surface area contributed by atoms with E-state index in [1.165, 1.54) is 7.11 Å². The first-order chi connectivity index (χ1) is 15.9. The molecule has 1 atom stereocenters. The van der Waals surface area contributed by atoms with Crippen LogP contribution >= 0.6 is 11.6 Å². The highest BCUT2D eigenvalue weighted by atomic mass is 35.5. The Labute approximate surface area is 198 Å². The maximum Gasteiger partial charge on any atom is 0.308 e. The van der Waals surface area contributed by atoms with Crippen molar-refractivity contribution < 1.29 is 19.1 Å². The second-order valence-corrected chi connectivity index (χ2v) is 8.73. The molecule has 3 aromatic rings. The van der Waals surface area contributed by atoms with Gasteiger partial charge in [-0.2, -0.15) is 0 Å². The molecule has 2 aromatic carbocycles. The number of hydrogen-bond acceptors (Lipinski definition) is 5. The fourth-order valence-electron chi connectivity index (χ4n) is 4.37. The molecule has 33 heavy (non-hydrogen) atoms. The number of hydrogen-bond donors (Lipinski definition) is 0. The normalized spacial score (nSPS) is 15.3. The number of carbonyl (C=O) groups is 2. The molecule has 0 bridgehead atoms. The van der Waals surface area contributed by atoms with Crippen LogP contribution < -0.4 is 4.74 Å². The van der Waals surface area contributed by atoms with Crippen molar-refractivity contribution in [2.75, 3.05) is 20.2 Å². The minimum absolute atomic E-state index is 0.101. The number of halogens is 1. The Balaban J connectivity index is 1.51. The van der Waals surface area contributed by atoms with Gasteiger partial charge < -0.3 is 14.4 Å². The van der Waals surface area contributed by atoms with Gasteiger partial charge in [-0.25, -0.2) is 4.98 Å². The van der Waals surface area contributed by atoms with E-state index in [4.69, 9.17) is 21.1 Å². The minimum atomic E-state index is -0.664. The van der Waals surface area contributed by atoms with Crippen molar-refractivity contribution in [3.63, 3.8) is 0 Å². The molecule has 0 unspecified atom stereocenters. The zero-order valence-corrected chi connectivity index (χ0v) is 19.8. The molecule has 1 amide bonds. The van der Waals surface area contributed by atoms with Gasteiger partial charge >= 0.3 is 5.97 Å². The summed E-state index contributed by atoms with van der Waals surface area (Å²) in [6.45, 7) is 4.83. The molecule has 0 radical (unpaired) electrons. The first-order valence-electron chi connectivity index (χ1n) is 11.1. The standard InChI is InChI=1S/C26H27ClN2O4/c1-16-6-4-5-7-20(16)23-15-28-24(27)22-14-19(8-9-21(22)23)33-17(2)25(30)29-12-10-18(11-13-29)26(31)32-3/h4-9,14-15,17-18H,10-13H2,1-3H3/t17-/m1/s1. The van der Waals surface area contributed by atoms with Gasteiger partial charge in [0.15, 0.2) is 6.10 Å². The van der Waals surface area contributed by atoms with Crippen LogP contribution in [0.25, 0.3) is 21.9 Å². The highest BCUT2D eigenvalue weighted by Crippen LogP contribution is 2.35. The van der Waals surface area contributed by atoms with Crippen LogP contribution in [-0.4, -0.2) is 48.1 Å². The first-order valence-corrected chi connectivity index (χ1v) is 11.4. The monoisotopic (exact) mass is 466 g/mol. The number of benzene rings is 2. The number of nitrogens with zero attached hydrogens (tertiary/aromatic N) is 2. The quantitative estimate of drug-likeness (QED) is 0.389. The summed E-state index contributed by atoms with van der Waals surface area (Å²) in [5.41, 5.74) is 3.24. The van der Waals surface area contributed by atoms with Crippen molar-refractivity contribution in [2.24, 2.45) is 5.92 Å². The number of pyridine rings is 1. The van der Waals surface area contributed by atoms with E-state index in [0.29, 0.717) is 36.8 Å². The van der Waals surface area contributed by atoms with Crippen molar-refractivity contribution in [3.05, 3.63) is 59.4 Å². The molecule has 0 N–H and O–H groups in total. The number of carbonyl (C=O) groups excluding carboxylic acids is 2. The van der Waals surface area contributed by atoms with Crippen molar-refractivity contribution in [3.8, 4) is 16.9 Å². The Bertz CT molecular complexity index is 1190. The number of amides is 1. The van der Waals surface area contributed by atoms with Crippen LogP contribution in [0.3, 0.4) is 0 Å². The Hall–Kier alpha value is -3.12. The van der Waals surface area contributed by atoms with Gasteiger partial charge in [0.05, 0.1) is 13.0 Å². The van der Waals surface area contributed by atoms with Gasteiger partial charge in [-0.1, -0.05) is 35.9 Å². The van der Waals surface area contributed by atoms with Crippen LogP contribution in [0.1, 0.15) is 25.3 Å². The Morgan fingerprint density at radius 2 is 1.82 bits per heavy atom. The largest absolute Gasteiger partial charge is 0.481 e. The zero-order chi connectivity index (χ0) is 23.5. The smallest absolute Gasteiger partial charge is 0.308 e. The number of methoxy groups -OCH3 is 1. The molecule has 1 fully saturated rings. The molecule has 6 nitrogen and oxygen atoms in total. The zero-order valence-electron chi connectivity index (χ0n) is 19.0. The lowest BCUT2D eigenvalue weighted by Gasteiger charge is -2.32. The lowest BCUT2D eigenvalue weighted by atomic mass is 9.96. The third-order valence-electron chi connectivity index (χ3n) is 6.25. The van der Waals surface area contributed by atoms with Crippen LogP contribution in [0.2, 0.25) is 5.15 Å². The highest BCUT2D eigenvalue weighted by molar-refractivity contribution is 6.34. The summed E-state index contributed by atoms with van der Waals surface area (Å²) in [5.74, 6) is 0.0979. The lowest BCUT2D eigenvalue weighted by molar-refractivity contribution is -0.150. The minimum Gasteiger partial charge on any atom is -0.481 e. The molecular weight excluding hydrogens is 440 g/mol. The van der Waals surface area contributed by atoms with E-state index in [1.54, 1.807) is 18.0 Å². The van der Waals surface area contributed by atoms with Crippen LogP contribution in [-0.2, 0) is 14.3 Å². The van der Waals surface area contributed by atoms with Crippen molar-refractivity contribution >= 4 is 34.2 Å². The second-order valence-electron chi connectivity index (χ2n) is 8.37. The number of ether oxygens (including phenoxy) is 2. The third-order valence-corrected chi connectivity index (χ3v) is 6.55. The van der Waals surface area contributed by atoms with Gasteiger partial charge in [0.25, 0.3) is 5.91 Å². The maximum atomic E-state index is 12.9. The van der Waals surface area contributed by atoms with Crippen molar-refractivity contribution in [1.29, 1.82) is 0 Å². The van der Waals surface area contributed by atoms with Crippen LogP contribution in [0.5, 0.6) is 5.75 Å². The van der Waals surface area contributed by atoms with Crippen LogP contribution in [0.15, 0.2) is 48.7 Å². The number of likely N-dealkylation sites (tertiary alicyclic amines) is 1. The summed E-state index contributed by atoms with van der Waals surface area (Å²) in [4.78, 5) is 30.7. The number of piperidine rings is 1. The van der Waals surface area contributed by atoms with Crippen LogP contribution in [0.4, 0.5) is 0 Å². The molecule has 0 spiro atoms. The maximum absolute atomic E-state index is 12.9. The van der Waals surface area contributed by atoms with E-state index in [9.17, 15) is 9.59 Å². The van der Waals surface area contributed by atoms with Crippen LogP contribution in [0, 0.1) is 12.8 Å². The number of esters is 1. The van der Waals surface area contributed by atoms with Crippen molar-refractivity contribution in [1.82, 2.24) is 9.88 Å². The summed E-state index contributed by atoms with van der Waals surface area (Å²) in [6, 6.07) is 13.8. The average Bonchev–Trinajstić information content (AvgIpc) is 2.84. The fourth-order valence-corrected chi connectivity index (χ4v) is 4.57. The molecule has 2 heterocycles. The van der Waals surface area contributed by atoms with Gasteiger partial charge in [0, 0.05) is 30.2 Å². The van der Waals surface area contributed by atoms with E-state index in [1.807, 2.05) is 30.3 Å². The topological polar surface area (TPSA) is 68.7 Å². The summed E-state index contributed by atoms with van der Waals surface area (Å²) in [5, 5.41) is 2.13. The Kier molecular flexibility index (Phi) is 6.84. The molecule has 0 saturated carbocycles. The second kappa shape index (κ2) is 9.79. The molecule has 1 aromatic heterocycles. The van der Waals surface area contributed by atoms with E-state index in [0.717, 1.165) is 27.5 Å². The molecule has 4 rings (SSSR count). The summed E-state index contributed by atoms with van der Waals surface area (Å²) in [6.07, 6.45) is 2.33. The summed E-state index contributed by atoms with van der Waals surface area (Å²) in [7, 11) is 1.39. The molecule has 172 valence electrons. The fraction of sp³-hybridized carbons (Fsp3) is 0.346. The predicted molar refractivity (Wildman–Crippen MR) is 128 cm³/mol. The Morgan fingerprint density at radius 1 is 1.09 bits per heavy atom. The van der Waals surface area contributed by atoms with Crippen molar-refractivity contribution in [2.45, 2.75) is 32.8 Å². The van der Waals surface area contributed by atoms with Gasteiger partial charge in [-0.15, -0.1) is 0 Å². The molecule has 1 saturated heterocycles. The highest BCUT2D eigenvalue weighted by Gasteiger charge is 2.30. The van der Waals surface area contributed by atoms with Gasteiger partial charge in [-0.05, 0) is 61.4 Å². The predicted octanol–water partition coefficient (Wildman–Crippen LogP) is 5.04. The van der Waals surface area contributed by atoms with E-state index >= 15 is 0 Å². The molecule has 7 heteroatoms. The number of aryl methyl sites for hydroxylation is 1. The molecule has 0 aliphatic carbocycles. The van der Waals surface area contributed by atoms with Gasteiger partial charge in [0.2, 0.25) is 0 Å². The molecule has 1 aliphatic heterocycles. The number of rotatable bonds is 5. The molecular formula is C26H27ClN2O4. The first kappa shape index (κ1) is 23.1. The van der Waals surface area contributed by atoms with Gasteiger partial charge in [0.1, 0.15) is 10.9 Å². The Morgan fingerprint density at radius 3 is 2.52 bits per heavy atom. The summed E-state index contributed by atoms with van der Waals surface area (Å²) >= 11 is 6.42. The third kappa shape index (κ3) is 4.81. The summed E-state index contributed by atoms with van der Waals surface area (Å²) < 4.78 is 10.8. The lowest BCUT2D eigenvalue weighted by Crippen LogP contribution is -2.45. The SMILES string of the molecule is COC(=O)C1CCN(C(=O)[C@@H](C)Oc2ccc3c(-c4ccccc4C)cnc(Cl)c3c2)CC1. The number of aromatic nitrogens is 1. The molecule has 1 aliphatic rings.